The minimum atomic E-state index is -0.347. The molecule has 1 saturated heterocycles. The van der Waals surface area contributed by atoms with Gasteiger partial charge in [-0.1, -0.05) is 36.4 Å². The van der Waals surface area contributed by atoms with Crippen LogP contribution in [-0.2, 0) is 11.3 Å². The van der Waals surface area contributed by atoms with Crippen molar-refractivity contribution in [3.63, 3.8) is 0 Å². The van der Waals surface area contributed by atoms with Crippen LogP contribution in [0.3, 0.4) is 0 Å². The van der Waals surface area contributed by atoms with Crippen LogP contribution in [0.15, 0.2) is 48.5 Å². The number of ether oxygens (including phenoxy) is 2. The average molecular weight is 364 g/mol. The van der Waals surface area contributed by atoms with E-state index in [1.165, 1.54) is 0 Å². The van der Waals surface area contributed by atoms with Gasteiger partial charge in [0.1, 0.15) is 24.2 Å². The van der Waals surface area contributed by atoms with E-state index in [4.69, 9.17) is 9.47 Å². The van der Waals surface area contributed by atoms with Crippen LogP contribution >= 0.6 is 0 Å². The van der Waals surface area contributed by atoms with Crippen molar-refractivity contribution in [2.45, 2.75) is 32.5 Å². The van der Waals surface area contributed by atoms with Gasteiger partial charge in [-0.25, -0.2) is 4.79 Å². The summed E-state index contributed by atoms with van der Waals surface area (Å²) in [6, 6.07) is 15.6. The number of aromatic amines is 1. The third kappa shape index (κ3) is 3.83. The quantitative estimate of drug-likeness (QED) is 0.673. The molecule has 2 N–H and O–H groups in total. The van der Waals surface area contributed by atoms with Crippen molar-refractivity contribution in [1.82, 2.24) is 10.3 Å². The molecule has 5 heteroatoms. The highest BCUT2D eigenvalue weighted by molar-refractivity contribution is 6.00. The number of aryl methyl sites for hydroxylation is 1. The van der Waals surface area contributed by atoms with Gasteiger partial charge in [0.15, 0.2) is 0 Å². The summed E-state index contributed by atoms with van der Waals surface area (Å²) >= 11 is 0. The number of carbonyl (C=O) groups is 1. The zero-order valence-electron chi connectivity index (χ0n) is 15.5. The maximum Gasteiger partial charge on any atom is 0.355 e. The number of fused-ring (bicyclic) bond motifs is 1. The number of nitrogens with one attached hydrogen (secondary N) is 2. The Morgan fingerprint density at radius 3 is 2.63 bits per heavy atom. The van der Waals surface area contributed by atoms with Crippen molar-refractivity contribution < 1.29 is 14.3 Å². The third-order valence-electron chi connectivity index (χ3n) is 5.03. The van der Waals surface area contributed by atoms with Crippen LogP contribution in [0.25, 0.3) is 10.9 Å². The van der Waals surface area contributed by atoms with Crippen LogP contribution in [0.1, 0.15) is 34.5 Å². The number of benzene rings is 2. The largest absolute Gasteiger partial charge is 0.490 e. The molecule has 0 atom stereocenters. The van der Waals surface area contributed by atoms with Gasteiger partial charge in [0.05, 0.1) is 5.52 Å². The summed E-state index contributed by atoms with van der Waals surface area (Å²) < 4.78 is 11.8. The van der Waals surface area contributed by atoms with Crippen LogP contribution < -0.4 is 10.1 Å². The minimum absolute atomic E-state index is 0.208. The molecule has 0 amide bonds. The first-order valence-electron chi connectivity index (χ1n) is 9.42. The van der Waals surface area contributed by atoms with Gasteiger partial charge >= 0.3 is 5.97 Å². The first-order chi connectivity index (χ1) is 13.2. The summed E-state index contributed by atoms with van der Waals surface area (Å²) in [5.41, 5.74) is 3.22. The second-order valence-corrected chi connectivity index (χ2v) is 6.93. The van der Waals surface area contributed by atoms with E-state index in [1.54, 1.807) is 0 Å². The van der Waals surface area contributed by atoms with Crippen LogP contribution in [0, 0.1) is 6.92 Å². The topological polar surface area (TPSA) is 63.4 Å². The Balaban J connectivity index is 1.56. The van der Waals surface area contributed by atoms with Crippen LogP contribution in [0.4, 0.5) is 0 Å². The first kappa shape index (κ1) is 17.6. The Morgan fingerprint density at radius 2 is 1.85 bits per heavy atom. The van der Waals surface area contributed by atoms with Gasteiger partial charge < -0.3 is 19.8 Å². The van der Waals surface area contributed by atoms with Crippen molar-refractivity contribution in [1.29, 1.82) is 0 Å². The molecule has 2 heterocycles. The van der Waals surface area contributed by atoms with Crippen LogP contribution in [0.5, 0.6) is 5.75 Å². The molecule has 3 aromatic rings. The van der Waals surface area contributed by atoms with Crippen molar-refractivity contribution in [2.24, 2.45) is 0 Å². The Kier molecular flexibility index (Phi) is 5.12. The van der Waals surface area contributed by atoms with Crippen molar-refractivity contribution in [3.8, 4) is 5.75 Å². The van der Waals surface area contributed by atoms with E-state index in [2.05, 4.69) is 10.3 Å². The number of hydrogen-bond acceptors (Lipinski definition) is 4. The summed E-state index contributed by atoms with van der Waals surface area (Å²) in [7, 11) is 0. The fourth-order valence-corrected chi connectivity index (χ4v) is 3.57. The molecule has 5 nitrogen and oxygen atoms in total. The molecule has 140 valence electrons. The number of carbonyl (C=O) groups excluding carboxylic acids is 1. The monoisotopic (exact) mass is 364 g/mol. The van der Waals surface area contributed by atoms with Gasteiger partial charge in [-0.2, -0.15) is 0 Å². The second-order valence-electron chi connectivity index (χ2n) is 6.93. The summed E-state index contributed by atoms with van der Waals surface area (Å²) in [4.78, 5) is 15.8. The van der Waals surface area contributed by atoms with E-state index < -0.39 is 0 Å². The average Bonchev–Trinajstić information content (AvgIpc) is 3.05. The lowest BCUT2D eigenvalue weighted by Crippen LogP contribution is -2.34. The molecular weight excluding hydrogens is 340 g/mol. The smallest absolute Gasteiger partial charge is 0.355 e. The molecule has 0 bridgehead atoms. The number of esters is 1. The fraction of sp³-hybridized carbons (Fsp3) is 0.318. The standard InChI is InChI=1S/C22H24N2O3/c1-15-20-18(8-5-9-19(20)27-17-10-12-23-13-11-17)24-21(15)22(25)26-14-16-6-3-2-4-7-16/h2-9,17,23-24H,10-14H2,1H3. The molecule has 0 saturated carbocycles. The van der Waals surface area contributed by atoms with E-state index in [0.29, 0.717) is 5.69 Å². The van der Waals surface area contributed by atoms with E-state index in [-0.39, 0.29) is 18.7 Å². The predicted molar refractivity (Wildman–Crippen MR) is 105 cm³/mol. The lowest BCUT2D eigenvalue weighted by molar-refractivity contribution is 0.0466. The van der Waals surface area contributed by atoms with Gasteiger partial charge in [-0.15, -0.1) is 0 Å². The van der Waals surface area contributed by atoms with Crippen molar-refractivity contribution in [3.05, 3.63) is 65.4 Å². The van der Waals surface area contributed by atoms with Gasteiger partial charge in [-0.3, -0.25) is 0 Å². The lowest BCUT2D eigenvalue weighted by atomic mass is 10.1. The highest BCUT2D eigenvalue weighted by Gasteiger charge is 2.21. The number of piperidine rings is 1. The summed E-state index contributed by atoms with van der Waals surface area (Å²) in [6.45, 7) is 4.15. The summed E-state index contributed by atoms with van der Waals surface area (Å²) in [5, 5.41) is 4.31. The zero-order valence-corrected chi connectivity index (χ0v) is 15.5. The predicted octanol–water partition coefficient (Wildman–Crippen LogP) is 3.96. The Labute approximate surface area is 158 Å². The molecule has 0 spiro atoms. The molecular formula is C22H24N2O3. The number of H-pyrrole nitrogens is 1. The molecule has 4 rings (SSSR count). The third-order valence-corrected chi connectivity index (χ3v) is 5.03. The van der Waals surface area contributed by atoms with Gasteiger partial charge in [0.2, 0.25) is 0 Å². The molecule has 1 aliphatic heterocycles. The number of rotatable bonds is 5. The Morgan fingerprint density at radius 1 is 1.07 bits per heavy atom. The molecule has 0 radical (unpaired) electrons. The molecule has 2 aromatic carbocycles. The highest BCUT2D eigenvalue weighted by Crippen LogP contribution is 2.32. The molecule has 27 heavy (non-hydrogen) atoms. The van der Waals surface area contributed by atoms with Gasteiger partial charge in [-0.05, 0) is 56.1 Å². The SMILES string of the molecule is Cc1c(C(=O)OCc2ccccc2)[nH]c2cccc(OC3CCNCC3)c12. The van der Waals surface area contributed by atoms with Gasteiger partial charge in [0.25, 0.3) is 0 Å². The molecule has 0 aliphatic carbocycles. The van der Waals surface area contributed by atoms with Crippen molar-refractivity contribution in [2.75, 3.05) is 13.1 Å². The Bertz CT molecular complexity index is 927. The van der Waals surface area contributed by atoms with E-state index in [0.717, 1.165) is 53.7 Å². The highest BCUT2D eigenvalue weighted by atomic mass is 16.5. The number of aromatic nitrogens is 1. The van der Waals surface area contributed by atoms with Gasteiger partial charge in [0, 0.05) is 5.39 Å². The first-order valence-corrected chi connectivity index (χ1v) is 9.42. The summed E-state index contributed by atoms with van der Waals surface area (Å²) in [6.07, 6.45) is 2.19. The summed E-state index contributed by atoms with van der Waals surface area (Å²) in [5.74, 6) is 0.482. The normalized spacial score (nSPS) is 15.0. The van der Waals surface area contributed by atoms with Crippen LogP contribution in [-0.4, -0.2) is 30.1 Å². The molecule has 0 unspecified atom stereocenters. The van der Waals surface area contributed by atoms with E-state index in [1.807, 2.05) is 55.5 Å². The van der Waals surface area contributed by atoms with Crippen LogP contribution in [0.2, 0.25) is 0 Å². The Hall–Kier alpha value is -2.79. The second kappa shape index (κ2) is 7.84. The van der Waals surface area contributed by atoms with E-state index >= 15 is 0 Å². The van der Waals surface area contributed by atoms with E-state index in [9.17, 15) is 4.79 Å². The van der Waals surface area contributed by atoms with Crippen molar-refractivity contribution >= 4 is 16.9 Å². The fourth-order valence-electron chi connectivity index (χ4n) is 3.57. The zero-order chi connectivity index (χ0) is 18.6. The molecule has 1 aromatic heterocycles. The maximum atomic E-state index is 12.6. The maximum absolute atomic E-state index is 12.6. The molecule has 1 aliphatic rings. The lowest BCUT2D eigenvalue weighted by Gasteiger charge is -2.24. The minimum Gasteiger partial charge on any atom is -0.490 e. The molecule has 1 fully saturated rings. The number of hydrogen-bond donors (Lipinski definition) is 2.